The van der Waals surface area contributed by atoms with Gasteiger partial charge >= 0.3 is 5.97 Å². The molecule has 0 aliphatic carbocycles. The summed E-state index contributed by atoms with van der Waals surface area (Å²) in [5, 5.41) is 18.2. The summed E-state index contributed by atoms with van der Waals surface area (Å²) >= 11 is 1.36. The largest absolute Gasteiger partial charge is 0.481 e. The van der Waals surface area contributed by atoms with Gasteiger partial charge in [-0.1, -0.05) is 6.92 Å². The second-order valence-electron chi connectivity index (χ2n) is 3.50. The summed E-state index contributed by atoms with van der Waals surface area (Å²) in [5.74, 6) is -0.782. The van der Waals surface area contributed by atoms with Crippen molar-refractivity contribution in [1.29, 1.82) is 5.26 Å². The maximum Gasteiger partial charge on any atom is 0.307 e. The molecule has 16 heavy (non-hydrogen) atoms. The number of carboxylic acid groups (broad SMARTS) is 1. The van der Waals surface area contributed by atoms with Gasteiger partial charge in [-0.2, -0.15) is 5.26 Å². The van der Waals surface area contributed by atoms with E-state index in [0.717, 1.165) is 5.69 Å². The van der Waals surface area contributed by atoms with E-state index in [-0.39, 0.29) is 0 Å². The van der Waals surface area contributed by atoms with E-state index in [1.54, 1.807) is 19.1 Å². The molecular weight excluding hydrogens is 224 g/mol. The molecule has 0 fully saturated rings. The molecule has 5 heteroatoms. The molecule has 1 rings (SSSR count). The Morgan fingerprint density at radius 2 is 2.38 bits per heavy atom. The number of nitrogens with zero attached hydrogens (tertiary/aromatic N) is 2. The fourth-order valence-electron chi connectivity index (χ4n) is 1.06. The van der Waals surface area contributed by atoms with Gasteiger partial charge in [0.05, 0.1) is 22.6 Å². The highest BCUT2D eigenvalue weighted by molar-refractivity contribution is 7.99. The van der Waals surface area contributed by atoms with E-state index in [2.05, 4.69) is 4.98 Å². The molecule has 4 nitrogen and oxygen atoms in total. The molecule has 1 aromatic rings. The van der Waals surface area contributed by atoms with Gasteiger partial charge in [-0.15, -0.1) is 11.8 Å². The molecule has 1 N–H and O–H groups in total. The zero-order valence-electron chi connectivity index (χ0n) is 9.10. The Hall–Kier alpha value is -1.54. The molecule has 0 spiro atoms. The number of carboxylic acids is 1. The zero-order chi connectivity index (χ0) is 12.1. The molecule has 0 amide bonds. The summed E-state index contributed by atoms with van der Waals surface area (Å²) in [6, 6.07) is 5.42. The first kappa shape index (κ1) is 12.5. The van der Waals surface area contributed by atoms with Gasteiger partial charge in [0.25, 0.3) is 0 Å². The topological polar surface area (TPSA) is 74.0 Å². The minimum absolute atomic E-state index is 0.419. The quantitative estimate of drug-likeness (QED) is 0.810. The summed E-state index contributed by atoms with van der Waals surface area (Å²) < 4.78 is 0. The number of carbonyl (C=O) groups is 1. The van der Waals surface area contributed by atoms with Crippen molar-refractivity contribution in [2.45, 2.75) is 18.9 Å². The highest BCUT2D eigenvalue weighted by Gasteiger charge is 2.11. The molecule has 0 radical (unpaired) electrons. The Morgan fingerprint density at radius 3 is 2.94 bits per heavy atom. The molecule has 1 atom stereocenters. The second-order valence-corrected chi connectivity index (χ2v) is 4.54. The van der Waals surface area contributed by atoms with Crippen LogP contribution in [0.4, 0.5) is 0 Å². The van der Waals surface area contributed by atoms with Gasteiger partial charge in [0.15, 0.2) is 0 Å². The standard InChI is InChI=1S/C11H12N2O2S/c1-7(11(14)15)6-16-10-4-9(5-12)3-8(2)13-10/h3-4,7H,6H2,1-2H3,(H,14,15). The number of nitriles is 1. The van der Waals surface area contributed by atoms with Gasteiger partial charge in [0.2, 0.25) is 0 Å². The van der Waals surface area contributed by atoms with Crippen LogP contribution in [0.2, 0.25) is 0 Å². The zero-order valence-corrected chi connectivity index (χ0v) is 9.91. The van der Waals surface area contributed by atoms with Crippen LogP contribution in [-0.4, -0.2) is 21.8 Å². The van der Waals surface area contributed by atoms with Gasteiger partial charge in [-0.05, 0) is 19.1 Å². The Bertz CT molecular complexity index is 440. The molecular formula is C11H12N2O2S. The Balaban J connectivity index is 2.71. The van der Waals surface area contributed by atoms with Gasteiger partial charge < -0.3 is 5.11 Å². The van der Waals surface area contributed by atoms with Crippen molar-refractivity contribution < 1.29 is 9.90 Å². The normalized spacial score (nSPS) is 11.8. The number of hydrogen-bond acceptors (Lipinski definition) is 4. The minimum atomic E-state index is -0.819. The molecule has 1 heterocycles. The van der Waals surface area contributed by atoms with Crippen LogP contribution in [0, 0.1) is 24.2 Å². The molecule has 0 aromatic carbocycles. The average Bonchev–Trinajstić information content (AvgIpc) is 2.24. The number of hydrogen-bond donors (Lipinski definition) is 1. The third-order valence-corrected chi connectivity index (χ3v) is 3.13. The van der Waals surface area contributed by atoms with Crippen molar-refractivity contribution in [3.63, 3.8) is 0 Å². The lowest BCUT2D eigenvalue weighted by Gasteiger charge is -2.05. The van der Waals surface area contributed by atoms with Crippen LogP contribution in [0.5, 0.6) is 0 Å². The summed E-state index contributed by atoms with van der Waals surface area (Å²) in [6.45, 7) is 3.46. The van der Waals surface area contributed by atoms with Crippen molar-refractivity contribution >= 4 is 17.7 Å². The van der Waals surface area contributed by atoms with Gasteiger partial charge in [0.1, 0.15) is 0 Å². The third kappa shape index (κ3) is 3.55. The van der Waals surface area contributed by atoms with Gasteiger partial charge in [-0.3, -0.25) is 4.79 Å². The summed E-state index contributed by atoms with van der Waals surface area (Å²) in [7, 11) is 0. The fraction of sp³-hybridized carbons (Fsp3) is 0.364. The highest BCUT2D eigenvalue weighted by atomic mass is 32.2. The first-order valence-electron chi connectivity index (χ1n) is 4.77. The Labute approximate surface area is 98.3 Å². The van der Waals surface area contributed by atoms with E-state index >= 15 is 0 Å². The molecule has 1 unspecified atom stereocenters. The van der Waals surface area contributed by atoms with E-state index in [1.807, 2.05) is 13.0 Å². The highest BCUT2D eigenvalue weighted by Crippen LogP contribution is 2.20. The molecule has 0 aliphatic rings. The van der Waals surface area contributed by atoms with E-state index < -0.39 is 11.9 Å². The first-order valence-corrected chi connectivity index (χ1v) is 5.76. The van der Waals surface area contributed by atoms with Crippen molar-refractivity contribution in [2.24, 2.45) is 5.92 Å². The maximum absolute atomic E-state index is 10.6. The predicted molar refractivity (Wildman–Crippen MR) is 61.2 cm³/mol. The van der Waals surface area contributed by atoms with Crippen molar-refractivity contribution in [2.75, 3.05) is 5.75 Å². The van der Waals surface area contributed by atoms with Crippen molar-refractivity contribution in [3.8, 4) is 6.07 Å². The van der Waals surface area contributed by atoms with E-state index in [9.17, 15) is 4.79 Å². The number of aliphatic carboxylic acids is 1. The van der Waals surface area contributed by atoms with E-state index in [4.69, 9.17) is 10.4 Å². The van der Waals surface area contributed by atoms with Crippen LogP contribution in [0.15, 0.2) is 17.2 Å². The number of rotatable bonds is 4. The lowest BCUT2D eigenvalue weighted by atomic mass is 10.2. The first-order chi connectivity index (χ1) is 7.52. The van der Waals surface area contributed by atoms with Crippen LogP contribution in [0.3, 0.4) is 0 Å². The molecule has 0 aliphatic heterocycles. The number of aromatic nitrogens is 1. The number of aryl methyl sites for hydroxylation is 1. The van der Waals surface area contributed by atoms with E-state index in [1.165, 1.54) is 11.8 Å². The lowest BCUT2D eigenvalue weighted by molar-refractivity contribution is -0.140. The lowest BCUT2D eigenvalue weighted by Crippen LogP contribution is -2.11. The minimum Gasteiger partial charge on any atom is -0.481 e. The molecule has 84 valence electrons. The van der Waals surface area contributed by atoms with Crippen LogP contribution in [0.25, 0.3) is 0 Å². The third-order valence-electron chi connectivity index (χ3n) is 1.96. The number of pyridine rings is 1. The Morgan fingerprint density at radius 1 is 1.69 bits per heavy atom. The van der Waals surface area contributed by atoms with Crippen LogP contribution in [-0.2, 0) is 4.79 Å². The average molecular weight is 236 g/mol. The van der Waals surface area contributed by atoms with Crippen molar-refractivity contribution in [3.05, 3.63) is 23.4 Å². The smallest absolute Gasteiger partial charge is 0.307 e. The number of thioether (sulfide) groups is 1. The predicted octanol–water partition coefficient (Wildman–Crippen LogP) is 2.07. The van der Waals surface area contributed by atoms with Crippen molar-refractivity contribution in [1.82, 2.24) is 4.98 Å². The molecule has 0 bridgehead atoms. The molecule has 0 saturated carbocycles. The van der Waals surface area contributed by atoms with Gasteiger partial charge in [-0.25, -0.2) is 4.98 Å². The maximum atomic E-state index is 10.6. The van der Waals surface area contributed by atoms with Crippen LogP contribution in [0.1, 0.15) is 18.2 Å². The summed E-state index contributed by atoms with van der Waals surface area (Å²) in [5.41, 5.74) is 1.32. The van der Waals surface area contributed by atoms with Gasteiger partial charge in [0, 0.05) is 11.4 Å². The van der Waals surface area contributed by atoms with Crippen LogP contribution < -0.4 is 0 Å². The monoisotopic (exact) mass is 236 g/mol. The molecule has 0 saturated heterocycles. The van der Waals surface area contributed by atoms with E-state index in [0.29, 0.717) is 16.3 Å². The Kier molecular flexibility index (Phi) is 4.32. The SMILES string of the molecule is Cc1cc(C#N)cc(SCC(C)C(=O)O)n1. The summed E-state index contributed by atoms with van der Waals surface area (Å²) in [4.78, 5) is 14.9. The summed E-state index contributed by atoms with van der Waals surface area (Å²) in [6.07, 6.45) is 0. The van der Waals surface area contributed by atoms with Crippen LogP contribution >= 0.6 is 11.8 Å². The second kappa shape index (κ2) is 5.52. The molecule has 1 aromatic heterocycles. The fourth-order valence-corrected chi connectivity index (χ4v) is 2.04.